The third kappa shape index (κ3) is 4.25. The Morgan fingerprint density at radius 1 is 1.33 bits per heavy atom. The zero-order valence-corrected chi connectivity index (χ0v) is 15.3. The Kier molecular flexibility index (Phi) is 5.42. The van der Waals surface area contributed by atoms with Crippen LogP contribution in [0, 0.1) is 18.3 Å². The minimum Gasteiger partial charge on any atom is -0.337 e. The van der Waals surface area contributed by atoms with Crippen molar-refractivity contribution in [3.8, 4) is 6.07 Å². The van der Waals surface area contributed by atoms with Crippen molar-refractivity contribution in [1.82, 2.24) is 9.88 Å². The van der Waals surface area contributed by atoms with Gasteiger partial charge in [-0.1, -0.05) is 36.0 Å². The fraction of sp³-hybridized carbons (Fsp3) is 0.316. The predicted molar refractivity (Wildman–Crippen MR) is 95.0 cm³/mol. The highest BCUT2D eigenvalue weighted by molar-refractivity contribution is 8.00. The van der Waals surface area contributed by atoms with Crippen molar-refractivity contribution in [3.63, 3.8) is 0 Å². The SMILES string of the molecule is Cc1cc(C(F)(F)F)c(C#N)c(SCC(=O)N2CCc3ccccc3C2)n1. The van der Waals surface area contributed by atoms with Gasteiger partial charge in [-0.15, -0.1) is 0 Å². The lowest BCUT2D eigenvalue weighted by Gasteiger charge is -2.28. The highest BCUT2D eigenvalue weighted by Crippen LogP contribution is 2.36. The normalized spacial score (nSPS) is 13.8. The molecule has 0 unspecified atom stereocenters. The second kappa shape index (κ2) is 7.61. The number of aromatic nitrogens is 1. The molecule has 1 aliphatic rings. The van der Waals surface area contributed by atoms with Gasteiger partial charge in [0.1, 0.15) is 11.1 Å². The topological polar surface area (TPSA) is 57.0 Å². The Morgan fingerprint density at radius 3 is 2.70 bits per heavy atom. The van der Waals surface area contributed by atoms with Crippen molar-refractivity contribution in [1.29, 1.82) is 5.26 Å². The first kappa shape index (κ1) is 19.2. The van der Waals surface area contributed by atoms with E-state index in [9.17, 15) is 23.2 Å². The van der Waals surface area contributed by atoms with Crippen molar-refractivity contribution in [3.05, 3.63) is 58.3 Å². The molecule has 0 spiro atoms. The molecule has 0 saturated heterocycles. The maximum atomic E-state index is 13.2. The van der Waals surface area contributed by atoms with E-state index in [0.717, 1.165) is 29.8 Å². The van der Waals surface area contributed by atoms with E-state index in [1.54, 1.807) is 11.0 Å². The average Bonchev–Trinajstić information content (AvgIpc) is 2.64. The van der Waals surface area contributed by atoms with E-state index in [0.29, 0.717) is 13.1 Å². The minimum absolute atomic E-state index is 0.0596. The molecule has 4 nitrogen and oxygen atoms in total. The van der Waals surface area contributed by atoms with Crippen molar-refractivity contribution >= 4 is 17.7 Å². The number of pyridine rings is 1. The van der Waals surface area contributed by atoms with E-state index in [4.69, 9.17) is 0 Å². The quantitative estimate of drug-likeness (QED) is 0.744. The molecular formula is C19H16F3N3OS. The van der Waals surface area contributed by atoms with Crippen LogP contribution in [-0.4, -0.2) is 28.1 Å². The van der Waals surface area contributed by atoms with Crippen molar-refractivity contribution in [2.24, 2.45) is 0 Å². The summed E-state index contributed by atoms with van der Waals surface area (Å²) in [6, 6.07) is 10.3. The number of thioether (sulfide) groups is 1. The van der Waals surface area contributed by atoms with E-state index in [1.807, 2.05) is 24.3 Å². The van der Waals surface area contributed by atoms with E-state index in [2.05, 4.69) is 4.98 Å². The molecule has 1 aromatic heterocycles. The van der Waals surface area contributed by atoms with Gasteiger partial charge >= 0.3 is 6.18 Å². The lowest BCUT2D eigenvalue weighted by Crippen LogP contribution is -2.37. The van der Waals surface area contributed by atoms with Gasteiger partial charge in [0.2, 0.25) is 5.91 Å². The number of hydrogen-bond acceptors (Lipinski definition) is 4. The Balaban J connectivity index is 1.75. The molecule has 0 bridgehead atoms. The Morgan fingerprint density at radius 2 is 2.04 bits per heavy atom. The van der Waals surface area contributed by atoms with Crippen LogP contribution in [0.25, 0.3) is 0 Å². The third-order valence-electron chi connectivity index (χ3n) is 4.35. The molecule has 0 saturated carbocycles. The van der Waals surface area contributed by atoms with Crippen molar-refractivity contribution in [2.45, 2.75) is 31.1 Å². The zero-order chi connectivity index (χ0) is 19.6. The summed E-state index contributed by atoms with van der Waals surface area (Å²) in [5.41, 5.74) is 0.890. The van der Waals surface area contributed by atoms with Gasteiger partial charge in [0, 0.05) is 18.8 Å². The molecule has 3 rings (SSSR count). The summed E-state index contributed by atoms with van der Waals surface area (Å²) in [5, 5.41) is 9.12. The Labute approximate surface area is 159 Å². The van der Waals surface area contributed by atoms with Crippen molar-refractivity contribution in [2.75, 3.05) is 12.3 Å². The van der Waals surface area contributed by atoms with E-state index >= 15 is 0 Å². The molecular weight excluding hydrogens is 375 g/mol. The summed E-state index contributed by atoms with van der Waals surface area (Å²) in [6.45, 7) is 2.48. The molecule has 0 N–H and O–H groups in total. The van der Waals surface area contributed by atoms with Crippen LogP contribution in [0.3, 0.4) is 0 Å². The number of hydrogen-bond donors (Lipinski definition) is 0. The van der Waals surface area contributed by atoms with Gasteiger partial charge in [-0.3, -0.25) is 4.79 Å². The van der Waals surface area contributed by atoms with E-state index in [-0.39, 0.29) is 22.4 Å². The van der Waals surface area contributed by atoms with Crippen LogP contribution in [0.5, 0.6) is 0 Å². The van der Waals surface area contributed by atoms with Crippen LogP contribution < -0.4 is 0 Å². The maximum absolute atomic E-state index is 13.2. The number of amides is 1. The predicted octanol–water partition coefficient (Wildman–Crippen LogP) is 3.96. The Bertz CT molecular complexity index is 921. The first-order chi connectivity index (χ1) is 12.8. The highest BCUT2D eigenvalue weighted by Gasteiger charge is 2.35. The summed E-state index contributed by atoms with van der Waals surface area (Å²) in [4.78, 5) is 18.2. The number of rotatable bonds is 3. The first-order valence-electron chi connectivity index (χ1n) is 8.26. The third-order valence-corrected chi connectivity index (χ3v) is 5.31. The average molecular weight is 391 g/mol. The van der Waals surface area contributed by atoms with Crippen LogP contribution in [-0.2, 0) is 23.9 Å². The van der Waals surface area contributed by atoms with Gasteiger partial charge in [0.05, 0.1) is 16.9 Å². The first-order valence-corrected chi connectivity index (χ1v) is 9.24. The molecule has 2 heterocycles. The monoisotopic (exact) mass is 391 g/mol. The zero-order valence-electron chi connectivity index (χ0n) is 14.5. The van der Waals surface area contributed by atoms with E-state index < -0.39 is 17.3 Å². The van der Waals surface area contributed by atoms with Crippen LogP contribution >= 0.6 is 11.8 Å². The number of carbonyl (C=O) groups excluding carboxylic acids is 1. The molecule has 0 fully saturated rings. The highest BCUT2D eigenvalue weighted by atomic mass is 32.2. The summed E-state index contributed by atoms with van der Waals surface area (Å²) >= 11 is 0.874. The van der Waals surface area contributed by atoms with Crippen LogP contribution in [0.1, 0.15) is 27.9 Å². The minimum atomic E-state index is -4.64. The van der Waals surface area contributed by atoms with Gasteiger partial charge in [0.25, 0.3) is 0 Å². The fourth-order valence-electron chi connectivity index (χ4n) is 3.01. The second-order valence-corrected chi connectivity index (χ2v) is 7.19. The molecule has 1 aliphatic heterocycles. The lowest BCUT2D eigenvalue weighted by atomic mass is 10.00. The summed E-state index contributed by atoms with van der Waals surface area (Å²) < 4.78 is 39.5. The molecule has 8 heteroatoms. The molecule has 0 atom stereocenters. The number of fused-ring (bicyclic) bond motifs is 1. The summed E-state index contributed by atoms with van der Waals surface area (Å²) in [7, 11) is 0. The number of benzene rings is 1. The van der Waals surface area contributed by atoms with Crippen LogP contribution in [0.2, 0.25) is 0 Å². The van der Waals surface area contributed by atoms with Crippen LogP contribution in [0.4, 0.5) is 13.2 Å². The standard InChI is InChI=1S/C19H16F3N3OS/c1-12-8-16(19(20,21)22)15(9-23)18(24-12)27-11-17(26)25-7-6-13-4-2-3-5-14(13)10-25/h2-5,8H,6-7,10-11H2,1H3. The van der Waals surface area contributed by atoms with Gasteiger partial charge in [-0.25, -0.2) is 4.98 Å². The smallest absolute Gasteiger partial charge is 0.337 e. The maximum Gasteiger partial charge on any atom is 0.417 e. The fourth-order valence-corrected chi connectivity index (χ4v) is 3.96. The molecule has 0 radical (unpaired) electrons. The van der Waals surface area contributed by atoms with Crippen molar-refractivity contribution < 1.29 is 18.0 Å². The molecule has 27 heavy (non-hydrogen) atoms. The van der Waals surface area contributed by atoms with Gasteiger partial charge in [-0.05, 0) is 30.5 Å². The number of aryl methyl sites for hydroxylation is 1. The second-order valence-electron chi connectivity index (χ2n) is 6.22. The molecule has 140 valence electrons. The largest absolute Gasteiger partial charge is 0.417 e. The van der Waals surface area contributed by atoms with Crippen LogP contribution in [0.15, 0.2) is 35.4 Å². The van der Waals surface area contributed by atoms with Gasteiger partial charge in [-0.2, -0.15) is 18.4 Å². The number of nitriles is 1. The number of alkyl halides is 3. The molecule has 1 aromatic carbocycles. The number of nitrogens with zero attached hydrogens (tertiary/aromatic N) is 3. The van der Waals surface area contributed by atoms with E-state index in [1.165, 1.54) is 12.5 Å². The van der Waals surface area contributed by atoms with Gasteiger partial charge in [0.15, 0.2) is 0 Å². The molecule has 2 aromatic rings. The number of carbonyl (C=O) groups is 1. The summed E-state index contributed by atoms with van der Waals surface area (Å²) in [6.07, 6.45) is -3.90. The van der Waals surface area contributed by atoms with Gasteiger partial charge < -0.3 is 4.90 Å². The lowest BCUT2D eigenvalue weighted by molar-refractivity contribution is -0.138. The Hall–Kier alpha value is -2.53. The molecule has 1 amide bonds. The molecule has 0 aliphatic carbocycles. The number of halogens is 3. The summed E-state index contributed by atoms with van der Waals surface area (Å²) in [5.74, 6) is -0.250.